The highest BCUT2D eigenvalue weighted by atomic mass is 19.4. The molecular weight excluding hydrogens is 626 g/mol. The largest absolute Gasteiger partial charge is 0.469 e. The molecule has 1 amide bonds. The highest BCUT2D eigenvalue weighted by molar-refractivity contribution is 5.82. The maximum Gasteiger partial charge on any atom is 0.416 e. The Balaban J connectivity index is 1.79. The SMILES string of the molecule is COC(=O)C[C@H](NC(=O)C(CC(C)C)n1cc(CCN2CCC2)c(C(F)(F)F)cc1=O)c1cc(-c2c(C)cc(C)cc2C)cc(C)c1F. The zero-order chi connectivity index (χ0) is 35.5. The quantitative estimate of drug-likeness (QED) is 0.163. The van der Waals surface area contributed by atoms with Gasteiger partial charge in [0, 0.05) is 24.4 Å². The van der Waals surface area contributed by atoms with Crippen molar-refractivity contribution in [2.24, 2.45) is 5.92 Å². The van der Waals surface area contributed by atoms with Crippen LogP contribution in [0.3, 0.4) is 0 Å². The molecule has 1 saturated heterocycles. The Morgan fingerprint density at radius 2 is 1.62 bits per heavy atom. The van der Waals surface area contributed by atoms with Crippen molar-refractivity contribution >= 4 is 11.9 Å². The summed E-state index contributed by atoms with van der Waals surface area (Å²) in [6, 6.07) is 5.49. The second kappa shape index (κ2) is 15.1. The van der Waals surface area contributed by atoms with Crippen LogP contribution in [0.4, 0.5) is 17.6 Å². The highest BCUT2D eigenvalue weighted by Crippen LogP contribution is 2.35. The predicted molar refractivity (Wildman–Crippen MR) is 177 cm³/mol. The number of nitrogens with zero attached hydrogens (tertiary/aromatic N) is 2. The van der Waals surface area contributed by atoms with E-state index < -0.39 is 53.5 Å². The minimum Gasteiger partial charge on any atom is -0.469 e. The Morgan fingerprint density at radius 3 is 2.17 bits per heavy atom. The van der Waals surface area contributed by atoms with Crippen molar-refractivity contribution in [3.8, 4) is 11.1 Å². The Labute approximate surface area is 279 Å². The van der Waals surface area contributed by atoms with E-state index in [0.717, 1.165) is 52.5 Å². The molecule has 1 aliphatic rings. The number of methoxy groups -OCH3 is 1. The van der Waals surface area contributed by atoms with Gasteiger partial charge in [0.05, 0.1) is 25.1 Å². The van der Waals surface area contributed by atoms with E-state index >= 15 is 4.39 Å². The Morgan fingerprint density at radius 1 is 0.979 bits per heavy atom. The third kappa shape index (κ3) is 8.53. The summed E-state index contributed by atoms with van der Waals surface area (Å²) >= 11 is 0. The minimum atomic E-state index is -4.75. The first-order valence-electron chi connectivity index (χ1n) is 16.3. The lowest BCUT2D eigenvalue weighted by Gasteiger charge is -2.31. The van der Waals surface area contributed by atoms with Gasteiger partial charge in [0.25, 0.3) is 5.56 Å². The van der Waals surface area contributed by atoms with Crippen molar-refractivity contribution in [1.29, 1.82) is 0 Å². The van der Waals surface area contributed by atoms with Gasteiger partial charge in [-0.3, -0.25) is 14.4 Å². The molecule has 1 aromatic heterocycles. The molecule has 0 radical (unpaired) electrons. The van der Waals surface area contributed by atoms with Crippen LogP contribution >= 0.6 is 0 Å². The molecule has 2 aromatic carbocycles. The maximum atomic E-state index is 15.9. The number of ether oxygens (including phenoxy) is 1. The van der Waals surface area contributed by atoms with E-state index in [1.807, 2.05) is 51.7 Å². The second-order valence-electron chi connectivity index (χ2n) is 13.4. The molecule has 0 saturated carbocycles. The van der Waals surface area contributed by atoms with Crippen LogP contribution in [-0.2, 0) is 26.9 Å². The van der Waals surface area contributed by atoms with Crippen LogP contribution in [-0.4, -0.2) is 48.1 Å². The van der Waals surface area contributed by atoms with Crippen LogP contribution in [0.5, 0.6) is 0 Å². The number of pyridine rings is 1. The molecule has 3 aromatic rings. The first kappa shape index (κ1) is 36.8. The molecule has 4 rings (SSSR count). The molecule has 1 N–H and O–H groups in total. The van der Waals surface area contributed by atoms with Gasteiger partial charge in [-0.15, -0.1) is 0 Å². The third-order valence-corrected chi connectivity index (χ3v) is 8.99. The van der Waals surface area contributed by atoms with E-state index in [2.05, 4.69) is 5.32 Å². The Bertz CT molecular complexity index is 1700. The number of alkyl halides is 3. The summed E-state index contributed by atoms with van der Waals surface area (Å²) in [6.07, 6.45) is -2.89. The lowest BCUT2D eigenvalue weighted by Crippen LogP contribution is -2.41. The summed E-state index contributed by atoms with van der Waals surface area (Å²) < 4.78 is 64.0. The molecular formula is C37H45F4N3O4. The number of halogens is 4. The molecule has 7 nitrogen and oxygen atoms in total. The summed E-state index contributed by atoms with van der Waals surface area (Å²) in [4.78, 5) is 42.0. The van der Waals surface area contributed by atoms with Gasteiger partial charge in [-0.1, -0.05) is 31.5 Å². The fraction of sp³-hybridized carbons (Fsp3) is 0.486. The van der Waals surface area contributed by atoms with Crippen molar-refractivity contribution in [3.63, 3.8) is 0 Å². The van der Waals surface area contributed by atoms with Crippen LogP contribution in [0.25, 0.3) is 11.1 Å². The standard InChI is InChI=1S/C37H45F4N3O4/c1-21(2)13-31(44-20-26(9-12-43-10-8-11-43)29(18-32(44)45)37(39,40)41)36(47)42-30(19-33(46)48-7)28-17-27(16-25(6)35(28)38)34-23(4)14-22(3)15-24(34)5/h14-18,20-21,30-31H,8-13,19H2,1-7H3,(H,42,47)/t30-,31?/m0/s1. The second-order valence-corrected chi connectivity index (χ2v) is 13.4. The van der Waals surface area contributed by atoms with E-state index in [-0.39, 0.29) is 29.9 Å². The number of hydrogen-bond donors (Lipinski definition) is 1. The first-order chi connectivity index (χ1) is 22.5. The fourth-order valence-electron chi connectivity index (χ4n) is 6.56. The number of aryl methyl sites for hydroxylation is 4. The van der Waals surface area contributed by atoms with E-state index in [4.69, 9.17) is 4.74 Å². The predicted octanol–water partition coefficient (Wildman–Crippen LogP) is 7.16. The number of hydrogen-bond acceptors (Lipinski definition) is 5. The minimum absolute atomic E-state index is 0.0469. The molecule has 2 atom stereocenters. The fourth-order valence-corrected chi connectivity index (χ4v) is 6.56. The topological polar surface area (TPSA) is 80.6 Å². The molecule has 1 fully saturated rings. The van der Waals surface area contributed by atoms with Gasteiger partial charge >= 0.3 is 12.1 Å². The van der Waals surface area contributed by atoms with Crippen LogP contribution in [0, 0.1) is 39.4 Å². The molecule has 0 bridgehead atoms. The smallest absolute Gasteiger partial charge is 0.416 e. The Hall–Kier alpha value is -3.99. The van der Waals surface area contributed by atoms with Crippen LogP contribution in [0.15, 0.2) is 41.3 Å². The number of rotatable bonds is 12. The van der Waals surface area contributed by atoms with Crippen LogP contribution in [0.2, 0.25) is 0 Å². The summed E-state index contributed by atoms with van der Waals surface area (Å²) in [5, 5.41) is 2.78. The Kier molecular flexibility index (Phi) is 11.6. The molecule has 0 spiro atoms. The number of nitrogens with one attached hydrogen (secondary N) is 1. The molecule has 11 heteroatoms. The normalized spacial score (nSPS) is 14.8. The lowest BCUT2D eigenvalue weighted by molar-refractivity contribution is -0.141. The van der Waals surface area contributed by atoms with Gasteiger partial charge in [-0.25, -0.2) is 4.39 Å². The van der Waals surface area contributed by atoms with E-state index in [0.29, 0.717) is 23.7 Å². The van der Waals surface area contributed by atoms with Crippen molar-refractivity contribution < 1.29 is 31.9 Å². The zero-order valence-electron chi connectivity index (χ0n) is 28.7. The molecule has 48 heavy (non-hydrogen) atoms. The van der Waals surface area contributed by atoms with Crippen molar-refractivity contribution in [2.75, 3.05) is 26.7 Å². The summed E-state index contributed by atoms with van der Waals surface area (Å²) in [7, 11) is 1.18. The van der Waals surface area contributed by atoms with Gasteiger partial charge in [-0.2, -0.15) is 13.2 Å². The summed E-state index contributed by atoms with van der Waals surface area (Å²) in [5.41, 5.74) is 2.89. The number of carbonyl (C=O) groups is 2. The summed E-state index contributed by atoms with van der Waals surface area (Å²) in [6.45, 7) is 13.1. The van der Waals surface area contributed by atoms with Gasteiger partial charge in [0.1, 0.15) is 11.9 Å². The number of amides is 1. The van der Waals surface area contributed by atoms with Crippen LogP contribution in [0.1, 0.15) is 84.1 Å². The number of esters is 1. The lowest BCUT2D eigenvalue weighted by atomic mass is 9.89. The van der Waals surface area contributed by atoms with Gasteiger partial charge in [-0.05, 0) is 111 Å². The molecule has 1 unspecified atom stereocenters. The number of benzene rings is 2. The van der Waals surface area contributed by atoms with Gasteiger partial charge < -0.3 is 19.5 Å². The van der Waals surface area contributed by atoms with E-state index in [9.17, 15) is 27.6 Å². The maximum absolute atomic E-state index is 15.9. The highest BCUT2D eigenvalue weighted by Gasteiger charge is 2.36. The third-order valence-electron chi connectivity index (χ3n) is 8.99. The van der Waals surface area contributed by atoms with Crippen molar-refractivity contribution in [3.05, 3.63) is 91.6 Å². The number of likely N-dealkylation sites (tertiary alicyclic amines) is 1. The van der Waals surface area contributed by atoms with Gasteiger partial charge in [0.15, 0.2) is 0 Å². The average Bonchev–Trinajstić information content (AvgIpc) is 2.95. The number of aromatic nitrogens is 1. The first-order valence-corrected chi connectivity index (χ1v) is 16.3. The van der Waals surface area contributed by atoms with Gasteiger partial charge in [0.2, 0.25) is 5.91 Å². The van der Waals surface area contributed by atoms with Crippen molar-refractivity contribution in [1.82, 2.24) is 14.8 Å². The summed E-state index contributed by atoms with van der Waals surface area (Å²) in [5.74, 6) is -2.19. The molecule has 2 heterocycles. The molecule has 260 valence electrons. The zero-order valence-corrected chi connectivity index (χ0v) is 28.7. The van der Waals surface area contributed by atoms with E-state index in [1.54, 1.807) is 19.1 Å². The van der Waals surface area contributed by atoms with Crippen molar-refractivity contribution in [2.45, 2.75) is 85.5 Å². The van der Waals surface area contributed by atoms with E-state index in [1.165, 1.54) is 7.11 Å². The van der Waals surface area contributed by atoms with Crippen LogP contribution < -0.4 is 10.9 Å². The monoisotopic (exact) mass is 671 g/mol. The average molecular weight is 672 g/mol. The molecule has 1 aliphatic heterocycles. The molecule has 0 aliphatic carbocycles. The number of carbonyl (C=O) groups excluding carboxylic acids is 2.